The van der Waals surface area contributed by atoms with E-state index in [1.54, 1.807) is 24.3 Å². The molecule has 0 amide bonds. The van der Waals surface area contributed by atoms with E-state index in [0.29, 0.717) is 10.6 Å². The van der Waals surface area contributed by atoms with E-state index in [0.717, 1.165) is 6.07 Å². The van der Waals surface area contributed by atoms with Crippen molar-refractivity contribution in [2.45, 2.75) is 6.18 Å². The zero-order valence-electron chi connectivity index (χ0n) is 11.0. The van der Waals surface area contributed by atoms with Gasteiger partial charge in [-0.1, -0.05) is 41.9 Å². The summed E-state index contributed by atoms with van der Waals surface area (Å²) in [4.78, 5) is 4.13. The molecule has 0 spiro atoms. The van der Waals surface area contributed by atoms with Gasteiger partial charge in [0.25, 0.3) is 0 Å². The third kappa shape index (κ3) is 2.69. The Bertz CT molecular complexity index is 812. The molecule has 1 N–H and O–H groups in total. The number of aromatic nitrogens is 3. The maximum absolute atomic E-state index is 13.0. The molecule has 0 unspecified atom stereocenters. The van der Waals surface area contributed by atoms with Gasteiger partial charge < -0.3 is 0 Å². The standard InChI is InChI=1S/C15H9ClF3N3/c16-12-8-4-2-6-10(12)14-20-13(21-22-14)9-5-1-3-7-11(9)15(17,18)19/h1-8H,(H,20,21,22). The van der Waals surface area contributed by atoms with Crippen molar-refractivity contribution in [3.63, 3.8) is 0 Å². The van der Waals surface area contributed by atoms with Gasteiger partial charge in [-0.25, -0.2) is 4.98 Å². The van der Waals surface area contributed by atoms with Crippen LogP contribution in [0.5, 0.6) is 0 Å². The van der Waals surface area contributed by atoms with Gasteiger partial charge in [0.2, 0.25) is 0 Å². The fourth-order valence-corrected chi connectivity index (χ4v) is 2.30. The van der Waals surface area contributed by atoms with Gasteiger partial charge in [0, 0.05) is 11.1 Å². The van der Waals surface area contributed by atoms with E-state index in [9.17, 15) is 13.2 Å². The summed E-state index contributed by atoms with van der Waals surface area (Å²) in [7, 11) is 0. The van der Waals surface area contributed by atoms with Crippen LogP contribution in [-0.4, -0.2) is 15.2 Å². The fourth-order valence-electron chi connectivity index (χ4n) is 2.08. The van der Waals surface area contributed by atoms with Gasteiger partial charge in [-0.3, -0.25) is 5.10 Å². The van der Waals surface area contributed by atoms with Crippen molar-refractivity contribution in [1.29, 1.82) is 0 Å². The zero-order valence-corrected chi connectivity index (χ0v) is 11.8. The minimum Gasteiger partial charge on any atom is -0.259 e. The summed E-state index contributed by atoms with van der Waals surface area (Å²) in [5.41, 5.74) is -0.270. The number of alkyl halides is 3. The number of nitrogens with one attached hydrogen (secondary N) is 1. The van der Waals surface area contributed by atoms with Crippen LogP contribution in [0.15, 0.2) is 48.5 Å². The lowest BCUT2D eigenvalue weighted by Gasteiger charge is -2.10. The number of rotatable bonds is 2. The average Bonchev–Trinajstić information content (AvgIpc) is 2.96. The third-order valence-corrected chi connectivity index (χ3v) is 3.42. The molecule has 3 aromatic rings. The number of H-pyrrole nitrogens is 1. The Hall–Kier alpha value is -2.34. The summed E-state index contributed by atoms with van der Waals surface area (Å²) in [6.07, 6.45) is -4.46. The molecule has 3 rings (SSSR count). The molecule has 0 atom stereocenters. The van der Waals surface area contributed by atoms with Gasteiger partial charge in [0.15, 0.2) is 11.6 Å². The fraction of sp³-hybridized carbons (Fsp3) is 0.0667. The number of halogens is 4. The predicted molar refractivity (Wildman–Crippen MR) is 77.3 cm³/mol. The first kappa shape index (κ1) is 14.6. The monoisotopic (exact) mass is 323 g/mol. The number of benzene rings is 2. The molecule has 0 aliphatic carbocycles. The first-order valence-corrected chi connectivity index (χ1v) is 6.68. The van der Waals surface area contributed by atoms with Crippen molar-refractivity contribution in [2.75, 3.05) is 0 Å². The molecule has 1 aromatic heterocycles. The van der Waals surface area contributed by atoms with E-state index in [4.69, 9.17) is 11.6 Å². The molecule has 7 heteroatoms. The number of aromatic amines is 1. The van der Waals surface area contributed by atoms with Crippen LogP contribution in [0.1, 0.15) is 5.56 Å². The smallest absolute Gasteiger partial charge is 0.259 e. The van der Waals surface area contributed by atoms with Crippen LogP contribution < -0.4 is 0 Å². The highest BCUT2D eigenvalue weighted by molar-refractivity contribution is 6.33. The van der Waals surface area contributed by atoms with Crippen molar-refractivity contribution in [3.05, 3.63) is 59.1 Å². The van der Waals surface area contributed by atoms with Crippen LogP contribution in [-0.2, 0) is 6.18 Å². The lowest BCUT2D eigenvalue weighted by atomic mass is 10.1. The van der Waals surface area contributed by atoms with Gasteiger partial charge in [-0.2, -0.15) is 18.3 Å². The zero-order chi connectivity index (χ0) is 15.7. The van der Waals surface area contributed by atoms with Crippen LogP contribution in [0.3, 0.4) is 0 Å². The van der Waals surface area contributed by atoms with E-state index in [1.807, 2.05) is 0 Å². The quantitative estimate of drug-likeness (QED) is 0.735. The topological polar surface area (TPSA) is 41.6 Å². The minimum atomic E-state index is -4.46. The predicted octanol–water partition coefficient (Wildman–Crippen LogP) is 4.81. The summed E-state index contributed by atoms with van der Waals surface area (Å²) in [6.45, 7) is 0. The van der Waals surface area contributed by atoms with Crippen LogP contribution in [0.2, 0.25) is 5.02 Å². The molecule has 1 heterocycles. The van der Waals surface area contributed by atoms with E-state index in [-0.39, 0.29) is 17.2 Å². The van der Waals surface area contributed by atoms with Crippen molar-refractivity contribution in [1.82, 2.24) is 15.2 Å². The summed E-state index contributed by atoms with van der Waals surface area (Å²) >= 11 is 6.04. The summed E-state index contributed by atoms with van der Waals surface area (Å²) in [6, 6.07) is 12.1. The van der Waals surface area contributed by atoms with Crippen molar-refractivity contribution in [2.24, 2.45) is 0 Å². The summed E-state index contributed by atoms with van der Waals surface area (Å²) in [5, 5.41) is 6.93. The van der Waals surface area contributed by atoms with Crippen molar-refractivity contribution < 1.29 is 13.2 Å². The van der Waals surface area contributed by atoms with Gasteiger partial charge in [0.05, 0.1) is 10.6 Å². The van der Waals surface area contributed by atoms with E-state index < -0.39 is 11.7 Å². The van der Waals surface area contributed by atoms with Crippen LogP contribution in [0.4, 0.5) is 13.2 Å². The molecule has 0 saturated heterocycles. The maximum atomic E-state index is 13.0. The minimum absolute atomic E-state index is 0.0443. The Balaban J connectivity index is 2.08. The number of nitrogens with zero attached hydrogens (tertiary/aromatic N) is 2. The lowest BCUT2D eigenvalue weighted by molar-refractivity contribution is -0.137. The Labute approximate surface area is 128 Å². The van der Waals surface area contributed by atoms with Gasteiger partial charge >= 0.3 is 6.18 Å². The molecule has 0 bridgehead atoms. The maximum Gasteiger partial charge on any atom is 0.417 e. The number of hydrogen-bond donors (Lipinski definition) is 1. The number of hydrogen-bond acceptors (Lipinski definition) is 2. The first-order valence-electron chi connectivity index (χ1n) is 6.31. The second-order valence-electron chi connectivity index (χ2n) is 4.53. The Morgan fingerprint density at radius 1 is 0.909 bits per heavy atom. The molecule has 3 nitrogen and oxygen atoms in total. The Morgan fingerprint density at radius 2 is 1.55 bits per heavy atom. The van der Waals surface area contributed by atoms with Gasteiger partial charge in [-0.05, 0) is 18.2 Å². The second kappa shape index (κ2) is 5.46. The van der Waals surface area contributed by atoms with Crippen molar-refractivity contribution in [3.8, 4) is 22.8 Å². The van der Waals surface area contributed by atoms with Crippen LogP contribution >= 0.6 is 11.6 Å². The van der Waals surface area contributed by atoms with Crippen molar-refractivity contribution >= 4 is 11.6 Å². The van der Waals surface area contributed by atoms with Gasteiger partial charge in [-0.15, -0.1) is 0 Å². The van der Waals surface area contributed by atoms with E-state index >= 15 is 0 Å². The normalized spacial score (nSPS) is 11.6. The highest BCUT2D eigenvalue weighted by atomic mass is 35.5. The highest BCUT2D eigenvalue weighted by Crippen LogP contribution is 2.36. The highest BCUT2D eigenvalue weighted by Gasteiger charge is 2.34. The van der Waals surface area contributed by atoms with E-state index in [2.05, 4.69) is 15.2 Å². The molecule has 22 heavy (non-hydrogen) atoms. The Kier molecular flexibility index (Phi) is 3.62. The first-order chi connectivity index (χ1) is 10.5. The SMILES string of the molecule is FC(F)(F)c1ccccc1-c1nc(-c2ccccc2Cl)n[nH]1. The molecule has 0 radical (unpaired) electrons. The third-order valence-electron chi connectivity index (χ3n) is 3.09. The van der Waals surface area contributed by atoms with Gasteiger partial charge in [0.1, 0.15) is 0 Å². The lowest BCUT2D eigenvalue weighted by Crippen LogP contribution is -2.07. The van der Waals surface area contributed by atoms with Crippen LogP contribution in [0.25, 0.3) is 22.8 Å². The van der Waals surface area contributed by atoms with Crippen LogP contribution in [0, 0.1) is 0 Å². The summed E-state index contributed by atoms with van der Waals surface area (Å²) < 4.78 is 39.1. The summed E-state index contributed by atoms with van der Waals surface area (Å²) in [5.74, 6) is 0.292. The average molecular weight is 324 g/mol. The molecular weight excluding hydrogens is 315 g/mol. The molecule has 0 aliphatic heterocycles. The molecule has 0 aliphatic rings. The molecular formula is C15H9ClF3N3. The second-order valence-corrected chi connectivity index (χ2v) is 4.94. The Morgan fingerprint density at radius 3 is 2.23 bits per heavy atom. The largest absolute Gasteiger partial charge is 0.417 e. The molecule has 0 saturated carbocycles. The van der Waals surface area contributed by atoms with E-state index in [1.165, 1.54) is 18.2 Å². The molecule has 2 aromatic carbocycles. The molecule has 112 valence electrons. The molecule has 0 fully saturated rings.